The smallest absolute Gasteiger partial charge is 0.109 e. The molecule has 1 nitrogen and oxygen atoms in total. The second-order valence-electron chi connectivity index (χ2n) is 6.74. The van der Waals surface area contributed by atoms with Gasteiger partial charge in [-0.15, -0.1) is 0 Å². The van der Waals surface area contributed by atoms with E-state index in [0.717, 1.165) is 0 Å². The lowest BCUT2D eigenvalue weighted by Crippen LogP contribution is -2.55. The molecule has 0 spiro atoms. The van der Waals surface area contributed by atoms with E-state index in [-0.39, 0.29) is 0 Å². The summed E-state index contributed by atoms with van der Waals surface area (Å²) >= 11 is 0. The zero-order chi connectivity index (χ0) is 14.4. The molecule has 1 N–H and O–H groups in total. The molecule has 0 aliphatic heterocycles. The Balaban J connectivity index is 0.000000321. The van der Waals surface area contributed by atoms with E-state index in [9.17, 15) is 0 Å². The molecule has 0 fully saturated rings. The molecule has 1 aromatic rings. The molecule has 18 heavy (non-hydrogen) atoms. The Labute approximate surface area is 116 Å². The first kappa shape index (κ1) is 17.4. The van der Waals surface area contributed by atoms with Gasteiger partial charge >= 0.3 is 0 Å². The number of rotatable bonds is 3. The maximum atomic E-state index is 3.74. The molecule has 0 aromatic heterocycles. The van der Waals surface area contributed by atoms with Gasteiger partial charge in [0.2, 0.25) is 0 Å². The first-order chi connectivity index (χ1) is 8.03. The van der Waals surface area contributed by atoms with Gasteiger partial charge in [0.15, 0.2) is 0 Å². The van der Waals surface area contributed by atoms with Crippen LogP contribution in [0.5, 0.6) is 0 Å². The van der Waals surface area contributed by atoms with Crippen LogP contribution >= 0.6 is 0 Å². The highest BCUT2D eigenvalue weighted by Gasteiger charge is 2.22. The average molecular weight is 280 g/mol. The molecular weight excluding hydrogens is 250 g/mol. The predicted molar refractivity (Wildman–Crippen MR) is 91.1 cm³/mol. The van der Waals surface area contributed by atoms with Gasteiger partial charge in [-0.05, 0) is 12.5 Å². The molecule has 3 heteroatoms. The minimum Gasteiger partial charge on any atom is -0.360 e. The molecule has 102 valence electrons. The van der Waals surface area contributed by atoms with Gasteiger partial charge in [0.1, 0.15) is 16.5 Å². The quantitative estimate of drug-likeness (QED) is 0.777. The molecule has 0 saturated heterocycles. The van der Waals surface area contributed by atoms with Gasteiger partial charge in [0, 0.05) is 0 Å². The maximum absolute atomic E-state index is 3.74. The van der Waals surface area contributed by atoms with Gasteiger partial charge in [-0.25, -0.2) is 0 Å². The van der Waals surface area contributed by atoms with Gasteiger partial charge in [-0.3, -0.25) is 0 Å². The first-order valence-electron chi connectivity index (χ1n) is 6.52. The Bertz CT molecular complexity index is 344. The molecule has 0 amide bonds. The van der Waals surface area contributed by atoms with Crippen molar-refractivity contribution in [1.82, 2.24) is 4.65 Å². The van der Waals surface area contributed by atoms with E-state index in [4.69, 9.17) is 0 Å². The normalized spacial score (nSPS) is 11.5. The highest BCUT2D eigenvalue weighted by Crippen LogP contribution is 2.03. The third-order valence-corrected chi connectivity index (χ3v) is 8.06. The SMILES string of the molecule is C=Cc1ccc(C)cc1.C[Si](C)(C)N[Si](C)(C)C. The standard InChI is InChI=1S/C9H10.C6H19NSi2/c1-3-9-6-4-8(2)5-7-9;1-8(2,3)7-9(4,5)6/h3-7H,1H2,2H3;7H,1-6H3. The first-order valence-corrected chi connectivity index (χ1v) is 13.5. The second kappa shape index (κ2) is 7.07. The lowest BCUT2D eigenvalue weighted by Gasteiger charge is -2.28. The molecular formula is C15H29NSi2. The molecule has 0 aliphatic carbocycles. The Hall–Kier alpha value is -0.646. The van der Waals surface area contributed by atoms with E-state index < -0.39 is 16.5 Å². The van der Waals surface area contributed by atoms with Crippen molar-refractivity contribution in [1.29, 1.82) is 0 Å². The van der Waals surface area contributed by atoms with Crippen LogP contribution in [0.15, 0.2) is 30.8 Å². The predicted octanol–water partition coefficient (Wildman–Crippen LogP) is 4.88. The molecule has 0 unspecified atom stereocenters. The molecule has 1 aromatic carbocycles. The van der Waals surface area contributed by atoms with E-state index >= 15 is 0 Å². The highest BCUT2D eigenvalue weighted by molar-refractivity contribution is 6.90. The molecule has 0 bridgehead atoms. The van der Waals surface area contributed by atoms with E-state index in [2.05, 4.69) is 81.7 Å². The lowest BCUT2D eigenvalue weighted by molar-refractivity contribution is 1.30. The van der Waals surface area contributed by atoms with Crippen LogP contribution in [0.4, 0.5) is 0 Å². The van der Waals surface area contributed by atoms with Crippen LogP contribution in [-0.4, -0.2) is 16.5 Å². The number of hydrogen-bond donors (Lipinski definition) is 1. The summed E-state index contributed by atoms with van der Waals surface area (Å²) in [5, 5.41) is 0. The summed E-state index contributed by atoms with van der Waals surface area (Å²) in [6, 6.07) is 8.28. The number of hydrogen-bond acceptors (Lipinski definition) is 1. The minimum absolute atomic E-state index is 0.981. The third kappa shape index (κ3) is 10.5. The van der Waals surface area contributed by atoms with Crippen molar-refractivity contribution in [2.45, 2.75) is 46.2 Å². The van der Waals surface area contributed by atoms with Crippen molar-refractivity contribution in [3.8, 4) is 0 Å². The van der Waals surface area contributed by atoms with Crippen LogP contribution in [0.25, 0.3) is 6.08 Å². The number of benzene rings is 1. The average Bonchev–Trinajstić information content (AvgIpc) is 2.14. The van der Waals surface area contributed by atoms with Gasteiger partial charge in [0.25, 0.3) is 0 Å². The second-order valence-corrected chi connectivity index (χ2v) is 16.7. The molecule has 0 aliphatic rings. The Morgan fingerprint density at radius 1 is 0.889 bits per heavy atom. The van der Waals surface area contributed by atoms with Crippen molar-refractivity contribution in [3.63, 3.8) is 0 Å². The van der Waals surface area contributed by atoms with Crippen LogP contribution in [0.2, 0.25) is 39.3 Å². The monoisotopic (exact) mass is 279 g/mol. The van der Waals surface area contributed by atoms with E-state index in [1.807, 2.05) is 6.08 Å². The fourth-order valence-corrected chi connectivity index (χ4v) is 10.8. The summed E-state index contributed by atoms with van der Waals surface area (Å²) in [6.45, 7) is 19.9. The van der Waals surface area contributed by atoms with Crippen LogP contribution in [0, 0.1) is 6.92 Å². The van der Waals surface area contributed by atoms with Crippen molar-refractivity contribution in [2.75, 3.05) is 0 Å². The van der Waals surface area contributed by atoms with Gasteiger partial charge in [-0.1, -0.05) is 81.8 Å². The minimum atomic E-state index is -0.981. The molecule has 0 atom stereocenters. The van der Waals surface area contributed by atoms with E-state index in [1.165, 1.54) is 11.1 Å². The molecule has 1 rings (SSSR count). The maximum Gasteiger partial charge on any atom is 0.109 e. The van der Waals surface area contributed by atoms with E-state index in [1.54, 1.807) is 0 Å². The summed E-state index contributed by atoms with van der Waals surface area (Å²) in [6.07, 6.45) is 1.85. The Morgan fingerprint density at radius 3 is 1.50 bits per heavy atom. The summed E-state index contributed by atoms with van der Waals surface area (Å²) in [7, 11) is -1.96. The van der Waals surface area contributed by atoms with Crippen molar-refractivity contribution < 1.29 is 0 Å². The zero-order valence-electron chi connectivity index (χ0n) is 13.1. The number of nitrogens with one attached hydrogen (secondary N) is 1. The molecule has 0 heterocycles. The summed E-state index contributed by atoms with van der Waals surface area (Å²) in [5.41, 5.74) is 2.47. The van der Waals surface area contributed by atoms with E-state index in [0.29, 0.717) is 0 Å². The topological polar surface area (TPSA) is 12.0 Å². The summed E-state index contributed by atoms with van der Waals surface area (Å²) in [5.74, 6) is 0. The van der Waals surface area contributed by atoms with Crippen LogP contribution < -0.4 is 4.65 Å². The Kier molecular flexibility index (Phi) is 6.81. The van der Waals surface area contributed by atoms with Crippen molar-refractivity contribution >= 4 is 22.5 Å². The summed E-state index contributed by atoms with van der Waals surface area (Å²) < 4.78 is 3.74. The van der Waals surface area contributed by atoms with Crippen molar-refractivity contribution in [3.05, 3.63) is 42.0 Å². The van der Waals surface area contributed by atoms with Crippen LogP contribution in [-0.2, 0) is 0 Å². The van der Waals surface area contributed by atoms with Crippen LogP contribution in [0.3, 0.4) is 0 Å². The number of aryl methyl sites for hydroxylation is 1. The van der Waals surface area contributed by atoms with Crippen molar-refractivity contribution in [2.24, 2.45) is 0 Å². The fraction of sp³-hybridized carbons (Fsp3) is 0.467. The molecule has 0 saturated carbocycles. The largest absolute Gasteiger partial charge is 0.360 e. The van der Waals surface area contributed by atoms with Crippen LogP contribution in [0.1, 0.15) is 11.1 Å². The summed E-state index contributed by atoms with van der Waals surface area (Å²) in [4.78, 5) is 0. The lowest BCUT2D eigenvalue weighted by atomic mass is 10.2. The fourth-order valence-electron chi connectivity index (χ4n) is 1.83. The van der Waals surface area contributed by atoms with Gasteiger partial charge < -0.3 is 4.65 Å². The zero-order valence-corrected chi connectivity index (χ0v) is 15.1. The Morgan fingerprint density at radius 2 is 1.28 bits per heavy atom. The van der Waals surface area contributed by atoms with Gasteiger partial charge in [0.05, 0.1) is 0 Å². The highest BCUT2D eigenvalue weighted by atomic mass is 28.4. The van der Waals surface area contributed by atoms with Gasteiger partial charge in [-0.2, -0.15) is 0 Å². The third-order valence-electron chi connectivity index (χ3n) is 2.06. The molecule has 0 radical (unpaired) electrons.